The Morgan fingerprint density at radius 2 is 1.76 bits per heavy atom. The number of rotatable bonds is 3. The highest BCUT2D eigenvalue weighted by atomic mass is 35.5. The summed E-state index contributed by atoms with van der Waals surface area (Å²) in [6.07, 6.45) is 1.81. The number of nitrogens with two attached hydrogens (primary N) is 1. The summed E-state index contributed by atoms with van der Waals surface area (Å²) in [5.41, 5.74) is 9.19. The van der Waals surface area contributed by atoms with Crippen LogP contribution in [0.3, 0.4) is 0 Å². The predicted octanol–water partition coefficient (Wildman–Crippen LogP) is 4.49. The van der Waals surface area contributed by atoms with Crippen molar-refractivity contribution in [1.82, 2.24) is 9.78 Å². The van der Waals surface area contributed by atoms with Gasteiger partial charge in [0.15, 0.2) is 0 Å². The van der Waals surface area contributed by atoms with E-state index in [1.807, 2.05) is 42.5 Å². The summed E-state index contributed by atoms with van der Waals surface area (Å²) in [4.78, 5) is 0. The normalized spacial score (nSPS) is 10.8. The van der Waals surface area contributed by atoms with Gasteiger partial charge in [-0.1, -0.05) is 65.7 Å². The largest absolute Gasteiger partial charge is 0.396 e. The number of aromatic nitrogens is 2. The van der Waals surface area contributed by atoms with Crippen LogP contribution in [0.15, 0.2) is 54.7 Å². The van der Waals surface area contributed by atoms with E-state index in [1.54, 1.807) is 16.9 Å². The standard InChI is InChI=1S/C16H13Cl2N3/c17-13-8-4-7-12(15(13)18)16-14(19)10-21(20-16)9-11-5-2-1-3-6-11/h1-8,10H,9,19H2. The first-order chi connectivity index (χ1) is 10.1. The van der Waals surface area contributed by atoms with Gasteiger partial charge in [0, 0.05) is 11.8 Å². The fourth-order valence-corrected chi connectivity index (χ4v) is 2.57. The van der Waals surface area contributed by atoms with Gasteiger partial charge in [-0.15, -0.1) is 0 Å². The maximum Gasteiger partial charge on any atom is 0.117 e. The molecule has 3 rings (SSSR count). The molecule has 0 bridgehead atoms. The highest BCUT2D eigenvalue weighted by Crippen LogP contribution is 2.35. The molecular weight excluding hydrogens is 305 g/mol. The second-order valence-electron chi connectivity index (χ2n) is 4.72. The maximum atomic E-state index is 6.23. The molecule has 2 N–H and O–H groups in total. The molecule has 0 fully saturated rings. The molecule has 0 saturated carbocycles. The highest BCUT2D eigenvalue weighted by molar-refractivity contribution is 6.43. The summed E-state index contributed by atoms with van der Waals surface area (Å²) in [6, 6.07) is 15.5. The van der Waals surface area contributed by atoms with Crippen molar-refractivity contribution in [3.63, 3.8) is 0 Å². The second kappa shape index (κ2) is 5.80. The minimum atomic E-state index is 0.468. The van der Waals surface area contributed by atoms with E-state index in [0.717, 1.165) is 11.1 Å². The molecule has 0 aliphatic carbocycles. The predicted molar refractivity (Wildman–Crippen MR) is 87.6 cm³/mol. The minimum Gasteiger partial charge on any atom is -0.396 e. The third kappa shape index (κ3) is 2.89. The van der Waals surface area contributed by atoms with Crippen molar-refractivity contribution in [2.75, 3.05) is 5.73 Å². The van der Waals surface area contributed by atoms with Crippen molar-refractivity contribution in [2.45, 2.75) is 6.54 Å². The number of nitrogen functional groups attached to an aromatic ring is 1. The lowest BCUT2D eigenvalue weighted by atomic mass is 10.1. The van der Waals surface area contributed by atoms with Crippen molar-refractivity contribution >= 4 is 28.9 Å². The molecule has 0 radical (unpaired) electrons. The van der Waals surface area contributed by atoms with E-state index in [9.17, 15) is 0 Å². The molecule has 0 amide bonds. The first-order valence-electron chi connectivity index (χ1n) is 6.46. The Morgan fingerprint density at radius 3 is 2.52 bits per heavy atom. The van der Waals surface area contributed by atoms with Gasteiger partial charge in [0.2, 0.25) is 0 Å². The number of halogens is 2. The average Bonchev–Trinajstić information content (AvgIpc) is 2.83. The number of nitrogens with zero attached hydrogens (tertiary/aromatic N) is 2. The van der Waals surface area contributed by atoms with E-state index in [2.05, 4.69) is 5.10 Å². The number of hydrogen-bond acceptors (Lipinski definition) is 2. The lowest BCUT2D eigenvalue weighted by Gasteiger charge is -2.04. The molecule has 3 nitrogen and oxygen atoms in total. The molecule has 1 heterocycles. The summed E-state index contributed by atoms with van der Waals surface area (Å²) in [5, 5.41) is 5.49. The van der Waals surface area contributed by atoms with Crippen LogP contribution in [0.1, 0.15) is 5.56 Å². The summed E-state index contributed by atoms with van der Waals surface area (Å²) >= 11 is 12.3. The molecule has 106 valence electrons. The zero-order valence-electron chi connectivity index (χ0n) is 11.1. The first-order valence-corrected chi connectivity index (χ1v) is 7.22. The van der Waals surface area contributed by atoms with Crippen LogP contribution in [-0.4, -0.2) is 9.78 Å². The van der Waals surface area contributed by atoms with Crippen LogP contribution in [0.2, 0.25) is 10.0 Å². The quantitative estimate of drug-likeness (QED) is 0.773. The molecule has 0 aliphatic heterocycles. The molecule has 1 aromatic heterocycles. The Bertz CT molecular complexity index is 766. The monoisotopic (exact) mass is 317 g/mol. The molecule has 0 atom stereocenters. The maximum absolute atomic E-state index is 6.23. The van der Waals surface area contributed by atoms with Gasteiger partial charge in [0.25, 0.3) is 0 Å². The Labute approximate surface area is 132 Å². The van der Waals surface area contributed by atoms with Crippen LogP contribution in [0, 0.1) is 0 Å². The molecule has 0 aliphatic rings. The Morgan fingerprint density at radius 1 is 1.00 bits per heavy atom. The molecular formula is C16H13Cl2N3. The van der Waals surface area contributed by atoms with E-state index >= 15 is 0 Å². The van der Waals surface area contributed by atoms with Gasteiger partial charge in [-0.05, 0) is 11.6 Å². The molecule has 2 aromatic carbocycles. The van der Waals surface area contributed by atoms with Crippen molar-refractivity contribution in [2.24, 2.45) is 0 Å². The van der Waals surface area contributed by atoms with E-state index in [4.69, 9.17) is 28.9 Å². The third-order valence-corrected chi connectivity index (χ3v) is 4.00. The third-order valence-electron chi connectivity index (χ3n) is 3.18. The van der Waals surface area contributed by atoms with Gasteiger partial charge >= 0.3 is 0 Å². The molecule has 0 saturated heterocycles. The zero-order valence-corrected chi connectivity index (χ0v) is 12.6. The van der Waals surface area contributed by atoms with E-state index in [-0.39, 0.29) is 0 Å². The summed E-state index contributed by atoms with van der Waals surface area (Å²) in [7, 11) is 0. The summed E-state index contributed by atoms with van der Waals surface area (Å²) in [5.74, 6) is 0. The molecule has 0 spiro atoms. The lowest BCUT2D eigenvalue weighted by molar-refractivity contribution is 0.689. The van der Waals surface area contributed by atoms with Crippen LogP contribution < -0.4 is 5.73 Å². The Kier molecular flexibility index (Phi) is 3.86. The Hall–Kier alpha value is -1.97. The second-order valence-corrected chi connectivity index (χ2v) is 5.50. The summed E-state index contributed by atoms with van der Waals surface area (Å²) < 4.78 is 1.80. The molecule has 21 heavy (non-hydrogen) atoms. The van der Waals surface area contributed by atoms with Gasteiger partial charge in [-0.3, -0.25) is 4.68 Å². The summed E-state index contributed by atoms with van der Waals surface area (Å²) in [6.45, 7) is 0.656. The van der Waals surface area contributed by atoms with Gasteiger partial charge in [-0.2, -0.15) is 5.10 Å². The van der Waals surface area contributed by atoms with Crippen LogP contribution in [-0.2, 0) is 6.54 Å². The van der Waals surface area contributed by atoms with Crippen molar-refractivity contribution in [3.8, 4) is 11.3 Å². The smallest absolute Gasteiger partial charge is 0.117 e. The minimum absolute atomic E-state index is 0.468. The molecule has 5 heteroatoms. The number of hydrogen-bond donors (Lipinski definition) is 1. The van der Waals surface area contributed by atoms with Crippen LogP contribution in [0.5, 0.6) is 0 Å². The van der Waals surface area contributed by atoms with Gasteiger partial charge in [-0.25, -0.2) is 0 Å². The number of benzene rings is 2. The first kappa shape index (κ1) is 14.0. The van der Waals surface area contributed by atoms with Crippen LogP contribution in [0.4, 0.5) is 5.69 Å². The SMILES string of the molecule is Nc1cn(Cc2ccccc2)nc1-c1cccc(Cl)c1Cl. The van der Waals surface area contributed by atoms with Crippen molar-refractivity contribution in [3.05, 3.63) is 70.3 Å². The average molecular weight is 318 g/mol. The van der Waals surface area contributed by atoms with E-state index < -0.39 is 0 Å². The van der Waals surface area contributed by atoms with Gasteiger partial charge < -0.3 is 5.73 Å². The number of anilines is 1. The fraction of sp³-hybridized carbons (Fsp3) is 0.0625. The van der Waals surface area contributed by atoms with E-state index in [0.29, 0.717) is 28.0 Å². The van der Waals surface area contributed by atoms with Gasteiger partial charge in [0.05, 0.1) is 22.3 Å². The van der Waals surface area contributed by atoms with Crippen LogP contribution >= 0.6 is 23.2 Å². The van der Waals surface area contributed by atoms with Crippen LogP contribution in [0.25, 0.3) is 11.3 Å². The van der Waals surface area contributed by atoms with E-state index in [1.165, 1.54) is 0 Å². The topological polar surface area (TPSA) is 43.8 Å². The molecule has 3 aromatic rings. The highest BCUT2D eigenvalue weighted by Gasteiger charge is 2.13. The Balaban J connectivity index is 1.97. The fourth-order valence-electron chi connectivity index (χ4n) is 2.18. The van der Waals surface area contributed by atoms with Crippen molar-refractivity contribution in [1.29, 1.82) is 0 Å². The molecule has 0 unspecified atom stereocenters. The van der Waals surface area contributed by atoms with Gasteiger partial charge in [0.1, 0.15) is 5.69 Å². The zero-order chi connectivity index (χ0) is 14.8. The lowest BCUT2D eigenvalue weighted by Crippen LogP contribution is -2.00. The van der Waals surface area contributed by atoms with Crippen molar-refractivity contribution < 1.29 is 0 Å².